The van der Waals surface area contributed by atoms with Crippen LogP contribution in [0.4, 0.5) is 4.79 Å². The van der Waals surface area contributed by atoms with Gasteiger partial charge in [0.05, 0.1) is 42.0 Å². The number of carbonyl (C=O) groups is 5. The summed E-state index contributed by atoms with van der Waals surface area (Å²) in [5.74, 6) is -4.23. The van der Waals surface area contributed by atoms with Crippen LogP contribution in [0, 0.1) is 0 Å². The lowest BCUT2D eigenvalue weighted by atomic mass is 9.72. The first-order chi connectivity index (χ1) is 23.8. The number of aromatic hydroxyl groups is 2. The van der Waals surface area contributed by atoms with Crippen LogP contribution in [0.5, 0.6) is 17.2 Å². The second kappa shape index (κ2) is 13.6. The highest BCUT2D eigenvalue weighted by atomic mass is 16.7. The molecular formula is C35H37NO14. The topological polar surface area (TPSA) is 235 Å². The maximum atomic E-state index is 13.9. The van der Waals surface area contributed by atoms with Crippen LogP contribution in [0.15, 0.2) is 29.8 Å². The average molecular weight is 696 g/mol. The standard InChI is InChI=1S/C35H37NO14/c1-15-29(40)19(36-34(45)48-14-16-6-3-4-8-20(16)38)10-24(49-15)50-22-12-35(46,23(39)13-37)11-18-26(22)33(44)28-27(31(18)42)30(41)17-7-5-9-21(47-2)25(17)32(28)43/h5-7,9,15,19,22,24,29,37,40,42,44,46H,3-4,8,10-14H2,1-2H3,(H,36,45)/t15-,19-,22-,24-,29+,35?/m1/s1. The zero-order valence-corrected chi connectivity index (χ0v) is 27.3. The number of phenolic OH excluding ortho intramolecular Hbond substituents is 2. The number of alkyl carbamates (subject to hydrolysis) is 1. The minimum Gasteiger partial charge on any atom is -0.507 e. The van der Waals surface area contributed by atoms with Crippen molar-refractivity contribution in [2.24, 2.45) is 0 Å². The maximum Gasteiger partial charge on any atom is 0.407 e. The number of amides is 1. The summed E-state index contributed by atoms with van der Waals surface area (Å²) < 4.78 is 22.5. The highest BCUT2D eigenvalue weighted by molar-refractivity contribution is 6.31. The van der Waals surface area contributed by atoms with Gasteiger partial charge in [0, 0.05) is 47.9 Å². The summed E-state index contributed by atoms with van der Waals surface area (Å²) in [5.41, 5.74) is -3.73. The number of rotatable bonds is 8. The van der Waals surface area contributed by atoms with E-state index >= 15 is 0 Å². The van der Waals surface area contributed by atoms with E-state index in [4.69, 9.17) is 18.9 Å². The Balaban J connectivity index is 1.33. The molecule has 6 rings (SSSR count). The van der Waals surface area contributed by atoms with Gasteiger partial charge >= 0.3 is 6.09 Å². The molecule has 3 aliphatic carbocycles. The van der Waals surface area contributed by atoms with Crippen molar-refractivity contribution in [3.05, 3.63) is 63.2 Å². The lowest BCUT2D eigenvalue weighted by Gasteiger charge is -2.42. The molecule has 0 saturated carbocycles. The van der Waals surface area contributed by atoms with Gasteiger partial charge in [-0.25, -0.2) is 4.79 Å². The Morgan fingerprint density at radius 3 is 2.52 bits per heavy atom. The highest BCUT2D eigenvalue weighted by Crippen LogP contribution is 2.52. The van der Waals surface area contributed by atoms with E-state index in [1.807, 2.05) is 0 Å². The Kier molecular flexibility index (Phi) is 9.54. The first-order valence-corrected chi connectivity index (χ1v) is 16.2. The Morgan fingerprint density at radius 2 is 1.82 bits per heavy atom. The second-order valence-electron chi connectivity index (χ2n) is 12.9. The van der Waals surface area contributed by atoms with Gasteiger partial charge in [0.25, 0.3) is 0 Å². The van der Waals surface area contributed by atoms with Crippen LogP contribution in [0.3, 0.4) is 0 Å². The molecular weight excluding hydrogens is 658 g/mol. The molecule has 6 N–H and O–H groups in total. The number of allylic oxidation sites excluding steroid dienone is 1. The molecule has 0 radical (unpaired) electrons. The molecule has 266 valence electrons. The van der Waals surface area contributed by atoms with Gasteiger partial charge < -0.3 is 49.8 Å². The fraction of sp³-hybridized carbons (Fsp3) is 0.457. The third kappa shape index (κ3) is 6.04. The van der Waals surface area contributed by atoms with Gasteiger partial charge in [-0.2, -0.15) is 0 Å². The van der Waals surface area contributed by atoms with Crippen molar-refractivity contribution >= 4 is 29.2 Å². The van der Waals surface area contributed by atoms with E-state index in [9.17, 15) is 49.5 Å². The molecule has 6 atom stereocenters. The molecule has 15 nitrogen and oxygen atoms in total. The van der Waals surface area contributed by atoms with Crippen LogP contribution < -0.4 is 10.1 Å². The number of nitrogens with one attached hydrogen (secondary N) is 1. The average Bonchev–Trinajstić information content (AvgIpc) is 3.09. The number of phenols is 2. The van der Waals surface area contributed by atoms with E-state index in [0.717, 1.165) is 6.42 Å². The lowest BCUT2D eigenvalue weighted by Crippen LogP contribution is -2.56. The summed E-state index contributed by atoms with van der Waals surface area (Å²) in [5, 5.41) is 57.7. The number of hydrogen-bond acceptors (Lipinski definition) is 14. The molecule has 1 unspecified atom stereocenters. The SMILES string of the molecule is COc1cccc2c1C(=O)c1c(O)c3c(c(O)c1C2=O)CC(O)(C(=O)CO)C[C@H]3O[C@@H]1C[C@@H](NC(=O)OCC2=CCCCC2=O)[C@@H](O)[C@@H](C)O1. The molecule has 2 aromatic rings. The van der Waals surface area contributed by atoms with Gasteiger partial charge in [-0.05, 0) is 25.8 Å². The number of Topliss-reactive ketones (excluding diaryl/α,β-unsaturated/α-hetero) is 2. The quantitative estimate of drug-likeness (QED) is 0.183. The molecule has 1 fully saturated rings. The molecule has 2 aromatic carbocycles. The van der Waals surface area contributed by atoms with Crippen molar-refractivity contribution in [3.8, 4) is 17.2 Å². The number of carbonyl (C=O) groups excluding carboxylic acids is 5. The molecule has 0 aromatic heterocycles. The number of ether oxygens (including phenoxy) is 4. The van der Waals surface area contributed by atoms with Crippen LogP contribution >= 0.6 is 0 Å². The van der Waals surface area contributed by atoms with Crippen LogP contribution in [-0.2, 0) is 30.2 Å². The van der Waals surface area contributed by atoms with Crippen LogP contribution in [0.2, 0.25) is 0 Å². The summed E-state index contributed by atoms with van der Waals surface area (Å²) in [6.07, 6.45) is -3.82. The number of hydrogen-bond donors (Lipinski definition) is 6. The molecule has 0 bridgehead atoms. The van der Waals surface area contributed by atoms with Crippen LogP contribution in [0.25, 0.3) is 0 Å². The minimum atomic E-state index is -2.35. The van der Waals surface area contributed by atoms with Crippen molar-refractivity contribution in [2.75, 3.05) is 20.3 Å². The van der Waals surface area contributed by atoms with E-state index in [1.165, 1.54) is 32.2 Å². The monoisotopic (exact) mass is 695 g/mol. The van der Waals surface area contributed by atoms with Crippen molar-refractivity contribution < 1.29 is 68.5 Å². The normalized spacial score (nSPS) is 27.4. The lowest BCUT2D eigenvalue weighted by molar-refractivity contribution is -0.249. The third-order valence-electron chi connectivity index (χ3n) is 9.78. The molecule has 15 heteroatoms. The highest BCUT2D eigenvalue weighted by Gasteiger charge is 2.50. The fourth-order valence-electron chi connectivity index (χ4n) is 7.15. The van der Waals surface area contributed by atoms with Gasteiger partial charge in [0.2, 0.25) is 5.78 Å². The number of fused-ring (bicyclic) bond motifs is 3. The van der Waals surface area contributed by atoms with Gasteiger partial charge in [0.1, 0.15) is 42.2 Å². The molecule has 1 amide bonds. The smallest absolute Gasteiger partial charge is 0.407 e. The van der Waals surface area contributed by atoms with Crippen molar-refractivity contribution in [3.63, 3.8) is 0 Å². The van der Waals surface area contributed by atoms with E-state index in [0.29, 0.717) is 18.4 Å². The zero-order chi connectivity index (χ0) is 36.1. The molecule has 1 heterocycles. The first kappa shape index (κ1) is 35.2. The third-order valence-corrected chi connectivity index (χ3v) is 9.78. The Bertz CT molecular complexity index is 1820. The van der Waals surface area contributed by atoms with Gasteiger partial charge in [-0.3, -0.25) is 19.2 Å². The molecule has 1 saturated heterocycles. The minimum absolute atomic E-state index is 0.0566. The van der Waals surface area contributed by atoms with E-state index in [-0.39, 0.29) is 46.8 Å². The second-order valence-corrected chi connectivity index (χ2v) is 12.9. The predicted octanol–water partition coefficient (Wildman–Crippen LogP) is 1.45. The Morgan fingerprint density at radius 1 is 1.08 bits per heavy atom. The number of methoxy groups -OCH3 is 1. The van der Waals surface area contributed by atoms with E-state index < -0.39 is 102 Å². The summed E-state index contributed by atoms with van der Waals surface area (Å²) >= 11 is 0. The Hall–Kier alpha value is -4.67. The Labute approximate surface area is 285 Å². The summed E-state index contributed by atoms with van der Waals surface area (Å²) in [7, 11) is 1.30. The molecule has 0 spiro atoms. The van der Waals surface area contributed by atoms with Crippen molar-refractivity contribution in [1.82, 2.24) is 5.32 Å². The van der Waals surface area contributed by atoms with E-state index in [1.54, 1.807) is 6.08 Å². The zero-order valence-electron chi connectivity index (χ0n) is 27.3. The number of ketones is 4. The van der Waals surface area contributed by atoms with Gasteiger partial charge in [-0.1, -0.05) is 18.2 Å². The number of aliphatic hydroxyl groups is 3. The molecule has 4 aliphatic rings. The largest absolute Gasteiger partial charge is 0.507 e. The van der Waals surface area contributed by atoms with Crippen molar-refractivity contribution in [2.45, 2.75) is 81.7 Å². The summed E-state index contributed by atoms with van der Waals surface area (Å²) in [6, 6.07) is 3.28. The van der Waals surface area contributed by atoms with Crippen LogP contribution in [-0.4, -0.2) is 105 Å². The number of benzene rings is 2. The maximum absolute atomic E-state index is 13.9. The summed E-state index contributed by atoms with van der Waals surface area (Å²) in [6.45, 7) is 0.169. The fourth-order valence-corrected chi connectivity index (χ4v) is 7.15. The predicted molar refractivity (Wildman–Crippen MR) is 169 cm³/mol. The number of aliphatic hydroxyl groups excluding tert-OH is 2. The van der Waals surface area contributed by atoms with Crippen molar-refractivity contribution in [1.29, 1.82) is 0 Å². The molecule has 50 heavy (non-hydrogen) atoms. The first-order valence-electron chi connectivity index (χ1n) is 16.2. The molecule has 1 aliphatic heterocycles. The van der Waals surface area contributed by atoms with E-state index in [2.05, 4.69) is 5.32 Å². The van der Waals surface area contributed by atoms with Gasteiger partial charge in [0.15, 0.2) is 23.6 Å². The summed E-state index contributed by atoms with van der Waals surface area (Å²) in [4.78, 5) is 65.2. The van der Waals surface area contributed by atoms with Crippen LogP contribution in [0.1, 0.15) is 88.1 Å². The van der Waals surface area contributed by atoms with Gasteiger partial charge in [-0.15, -0.1) is 0 Å².